The summed E-state index contributed by atoms with van der Waals surface area (Å²) in [6, 6.07) is 14.7. The van der Waals surface area contributed by atoms with Crippen LogP contribution < -0.4 is 5.73 Å². The van der Waals surface area contributed by atoms with E-state index in [9.17, 15) is 4.79 Å². The van der Waals surface area contributed by atoms with Gasteiger partial charge in [-0.25, -0.2) is 4.79 Å². The summed E-state index contributed by atoms with van der Waals surface area (Å²) in [7, 11) is 0. The van der Waals surface area contributed by atoms with Crippen LogP contribution in [0.2, 0.25) is 5.02 Å². The van der Waals surface area contributed by atoms with Gasteiger partial charge in [-0.05, 0) is 56.5 Å². The summed E-state index contributed by atoms with van der Waals surface area (Å²) in [6.07, 6.45) is -0.228. The van der Waals surface area contributed by atoms with Crippen LogP contribution in [0.15, 0.2) is 42.5 Å². The molecule has 6 nitrogen and oxygen atoms in total. The molecule has 1 saturated heterocycles. The number of carbonyl (C=O) groups is 1. The maximum atomic E-state index is 12.3. The SMILES string of the molecule is Cc1nc2ccc(-c3ccc(CN4CCN(C(=O)OC(C)(C)C)CC4)cc3)cc2c(N)c1Cl. The molecule has 7 heteroatoms. The maximum absolute atomic E-state index is 12.3. The Morgan fingerprint density at radius 2 is 1.70 bits per heavy atom. The second kappa shape index (κ2) is 9.20. The molecule has 0 unspecified atom stereocenters. The molecule has 1 aromatic heterocycles. The standard InChI is InChI=1S/C26H31ClN4O2/c1-17-23(27)24(28)21-15-20(9-10-22(21)29-17)19-7-5-18(6-8-19)16-30-11-13-31(14-12-30)25(32)33-26(2,3)4/h5-10,15H,11-14,16H2,1-4H3,(H2,28,29). The maximum Gasteiger partial charge on any atom is 0.410 e. The van der Waals surface area contributed by atoms with Crippen LogP contribution in [0, 0.1) is 6.92 Å². The Balaban J connectivity index is 1.40. The Kier molecular flexibility index (Phi) is 6.50. The van der Waals surface area contributed by atoms with E-state index in [4.69, 9.17) is 22.1 Å². The lowest BCUT2D eigenvalue weighted by atomic mass is 10.0. The van der Waals surface area contributed by atoms with Crippen LogP contribution in [-0.2, 0) is 11.3 Å². The smallest absolute Gasteiger partial charge is 0.410 e. The predicted molar refractivity (Wildman–Crippen MR) is 134 cm³/mol. The second-order valence-corrected chi connectivity index (χ2v) is 9.98. The number of nitrogens with two attached hydrogens (primary N) is 1. The zero-order chi connectivity index (χ0) is 23.8. The summed E-state index contributed by atoms with van der Waals surface area (Å²) in [5, 5.41) is 1.39. The number of benzene rings is 2. The van der Waals surface area contributed by atoms with E-state index in [0.717, 1.165) is 47.4 Å². The van der Waals surface area contributed by atoms with E-state index < -0.39 is 5.60 Å². The molecule has 4 rings (SSSR count). The number of rotatable bonds is 3. The molecule has 1 fully saturated rings. The summed E-state index contributed by atoms with van der Waals surface area (Å²) in [6.45, 7) is 11.4. The Labute approximate surface area is 200 Å². The summed E-state index contributed by atoms with van der Waals surface area (Å²) in [5.74, 6) is 0. The highest BCUT2D eigenvalue weighted by molar-refractivity contribution is 6.35. The Bertz CT molecular complexity index is 1160. The lowest BCUT2D eigenvalue weighted by molar-refractivity contribution is 0.0139. The van der Waals surface area contributed by atoms with Crippen LogP contribution in [-0.4, -0.2) is 52.7 Å². The van der Waals surface area contributed by atoms with Crippen molar-refractivity contribution in [3.8, 4) is 11.1 Å². The first-order chi connectivity index (χ1) is 15.6. The number of halogens is 1. The van der Waals surface area contributed by atoms with Crippen molar-refractivity contribution in [1.82, 2.24) is 14.8 Å². The molecular formula is C26H31ClN4O2. The molecule has 0 radical (unpaired) electrons. The van der Waals surface area contributed by atoms with Crippen LogP contribution >= 0.6 is 11.6 Å². The van der Waals surface area contributed by atoms with E-state index in [1.165, 1.54) is 5.56 Å². The van der Waals surface area contributed by atoms with Gasteiger partial charge in [0.05, 0.1) is 21.9 Å². The van der Waals surface area contributed by atoms with Crippen LogP contribution in [0.1, 0.15) is 32.0 Å². The van der Waals surface area contributed by atoms with Gasteiger partial charge in [-0.1, -0.05) is 41.9 Å². The van der Waals surface area contributed by atoms with Crippen molar-refractivity contribution in [2.75, 3.05) is 31.9 Å². The summed E-state index contributed by atoms with van der Waals surface area (Å²) in [5.41, 5.74) is 11.4. The summed E-state index contributed by atoms with van der Waals surface area (Å²) in [4.78, 5) is 20.9. The highest BCUT2D eigenvalue weighted by Crippen LogP contribution is 2.32. The van der Waals surface area contributed by atoms with Crippen LogP contribution in [0.3, 0.4) is 0 Å². The van der Waals surface area contributed by atoms with Gasteiger partial charge < -0.3 is 15.4 Å². The number of hydrogen-bond donors (Lipinski definition) is 1. The fraction of sp³-hybridized carbons (Fsp3) is 0.385. The average molecular weight is 467 g/mol. The highest BCUT2D eigenvalue weighted by atomic mass is 35.5. The number of hydrogen-bond acceptors (Lipinski definition) is 5. The number of nitrogens with zero attached hydrogens (tertiary/aromatic N) is 3. The molecule has 3 aromatic rings. The van der Waals surface area contributed by atoms with Gasteiger partial charge >= 0.3 is 6.09 Å². The molecule has 1 aliphatic heterocycles. The number of nitrogen functional groups attached to an aromatic ring is 1. The van der Waals surface area contributed by atoms with Gasteiger partial charge in [-0.15, -0.1) is 0 Å². The van der Waals surface area contributed by atoms with Gasteiger partial charge in [0.2, 0.25) is 0 Å². The Morgan fingerprint density at radius 3 is 2.33 bits per heavy atom. The van der Waals surface area contributed by atoms with Crippen LogP contribution in [0.4, 0.5) is 10.5 Å². The number of carbonyl (C=O) groups excluding carboxylic acids is 1. The molecule has 0 atom stereocenters. The Morgan fingerprint density at radius 1 is 1.06 bits per heavy atom. The van der Waals surface area contributed by atoms with Crippen molar-refractivity contribution in [1.29, 1.82) is 0 Å². The minimum atomic E-state index is -0.464. The lowest BCUT2D eigenvalue weighted by Gasteiger charge is -2.35. The minimum absolute atomic E-state index is 0.228. The first kappa shape index (κ1) is 23.3. The van der Waals surface area contributed by atoms with Gasteiger partial charge in [0.25, 0.3) is 0 Å². The van der Waals surface area contributed by atoms with Crippen LogP contribution in [0.5, 0.6) is 0 Å². The van der Waals surface area contributed by atoms with Crippen molar-refractivity contribution in [2.45, 2.75) is 39.8 Å². The molecule has 33 heavy (non-hydrogen) atoms. The number of pyridine rings is 1. The monoisotopic (exact) mass is 466 g/mol. The van der Waals surface area contributed by atoms with Gasteiger partial charge in [0.1, 0.15) is 5.60 Å². The topological polar surface area (TPSA) is 71.7 Å². The van der Waals surface area contributed by atoms with Gasteiger partial charge in [0, 0.05) is 38.1 Å². The third-order valence-electron chi connectivity index (χ3n) is 5.85. The number of ether oxygens (including phenoxy) is 1. The number of aryl methyl sites for hydroxylation is 1. The zero-order valence-corrected chi connectivity index (χ0v) is 20.4. The molecule has 0 bridgehead atoms. The van der Waals surface area contributed by atoms with Crippen molar-refractivity contribution in [3.05, 3.63) is 58.7 Å². The van der Waals surface area contributed by atoms with E-state index in [0.29, 0.717) is 23.8 Å². The number of amides is 1. The van der Waals surface area contributed by atoms with Crippen LogP contribution in [0.25, 0.3) is 22.0 Å². The predicted octanol–water partition coefficient (Wildman–Crippen LogP) is 5.50. The summed E-state index contributed by atoms with van der Waals surface area (Å²) >= 11 is 6.30. The number of piperazine rings is 1. The Hall–Kier alpha value is -2.83. The van der Waals surface area contributed by atoms with E-state index in [2.05, 4.69) is 40.2 Å². The van der Waals surface area contributed by atoms with Crippen molar-refractivity contribution < 1.29 is 9.53 Å². The molecule has 2 aromatic carbocycles. The third-order valence-corrected chi connectivity index (χ3v) is 6.32. The quantitative estimate of drug-likeness (QED) is 0.551. The summed E-state index contributed by atoms with van der Waals surface area (Å²) < 4.78 is 5.48. The van der Waals surface area contributed by atoms with Crippen molar-refractivity contribution in [2.24, 2.45) is 0 Å². The molecule has 0 saturated carbocycles. The molecule has 0 spiro atoms. The number of anilines is 1. The fourth-order valence-corrected chi connectivity index (χ4v) is 4.19. The van der Waals surface area contributed by atoms with Gasteiger partial charge in [-0.3, -0.25) is 9.88 Å². The highest BCUT2D eigenvalue weighted by Gasteiger charge is 2.25. The second-order valence-electron chi connectivity index (χ2n) is 9.60. The lowest BCUT2D eigenvalue weighted by Crippen LogP contribution is -2.49. The van der Waals surface area contributed by atoms with Gasteiger partial charge in [-0.2, -0.15) is 0 Å². The van der Waals surface area contributed by atoms with Gasteiger partial charge in [0.15, 0.2) is 0 Å². The third kappa shape index (κ3) is 5.40. The normalized spacial score (nSPS) is 15.1. The molecule has 1 aliphatic rings. The fourth-order valence-electron chi connectivity index (χ4n) is 4.05. The first-order valence-electron chi connectivity index (χ1n) is 11.3. The van der Waals surface area contributed by atoms with E-state index in [1.807, 2.05) is 39.8 Å². The molecule has 2 heterocycles. The molecule has 174 valence electrons. The molecule has 0 aliphatic carbocycles. The minimum Gasteiger partial charge on any atom is -0.444 e. The largest absolute Gasteiger partial charge is 0.444 e. The zero-order valence-electron chi connectivity index (χ0n) is 19.7. The molecule has 2 N–H and O–H groups in total. The molecular weight excluding hydrogens is 436 g/mol. The van der Waals surface area contributed by atoms with E-state index >= 15 is 0 Å². The van der Waals surface area contributed by atoms with Crippen molar-refractivity contribution in [3.63, 3.8) is 0 Å². The van der Waals surface area contributed by atoms with Crippen molar-refractivity contribution >= 4 is 34.3 Å². The first-order valence-corrected chi connectivity index (χ1v) is 11.6. The average Bonchev–Trinajstić information content (AvgIpc) is 2.77. The number of aromatic nitrogens is 1. The van der Waals surface area contributed by atoms with E-state index in [-0.39, 0.29) is 6.09 Å². The van der Waals surface area contributed by atoms with E-state index in [1.54, 1.807) is 4.90 Å². The molecule has 1 amide bonds. The number of fused-ring (bicyclic) bond motifs is 1.